The highest BCUT2D eigenvalue weighted by atomic mass is 32.1. The Morgan fingerprint density at radius 3 is 2.69 bits per heavy atom. The summed E-state index contributed by atoms with van der Waals surface area (Å²) >= 11 is 1.63. The Morgan fingerprint density at radius 2 is 2.00 bits per heavy atom. The number of imidazole rings is 1. The van der Waals surface area contributed by atoms with Crippen molar-refractivity contribution >= 4 is 23.3 Å². The van der Waals surface area contributed by atoms with Crippen molar-refractivity contribution in [3.05, 3.63) is 70.6 Å². The first-order chi connectivity index (χ1) is 16.9. The Bertz CT molecular complexity index is 1320. The molecular weight excluding hydrogens is 473 g/mol. The number of thiophene rings is 1. The van der Waals surface area contributed by atoms with Crippen LogP contribution < -0.4 is 5.32 Å². The normalized spacial score (nSPS) is 20.0. The van der Waals surface area contributed by atoms with E-state index in [0.717, 1.165) is 4.88 Å². The van der Waals surface area contributed by atoms with Crippen molar-refractivity contribution in [3.63, 3.8) is 0 Å². The quantitative estimate of drug-likeness (QED) is 0.343. The van der Waals surface area contributed by atoms with E-state index in [4.69, 9.17) is 9.47 Å². The number of benzene rings is 1. The molecule has 3 N–H and O–H groups in total. The van der Waals surface area contributed by atoms with Gasteiger partial charge in [0.15, 0.2) is 5.82 Å². The molecule has 35 heavy (non-hydrogen) atoms. The van der Waals surface area contributed by atoms with E-state index in [2.05, 4.69) is 25.3 Å². The number of anilines is 1. The first kappa shape index (κ1) is 23.1. The SMILES string of the molecule is CC1(C(=O)O)COC(c2nc(-c3ccc(F)cc3)c(-c3ccnc(NCc4cccs4)n3)[nH]2)OC1. The van der Waals surface area contributed by atoms with Crippen molar-refractivity contribution in [2.45, 2.75) is 19.8 Å². The number of H-pyrrole nitrogens is 1. The van der Waals surface area contributed by atoms with Gasteiger partial charge in [0.05, 0.1) is 36.8 Å². The van der Waals surface area contributed by atoms with Gasteiger partial charge in [-0.3, -0.25) is 4.79 Å². The van der Waals surface area contributed by atoms with Crippen molar-refractivity contribution in [1.82, 2.24) is 19.9 Å². The lowest BCUT2D eigenvalue weighted by Crippen LogP contribution is -2.42. The highest BCUT2D eigenvalue weighted by Crippen LogP contribution is 2.35. The van der Waals surface area contributed by atoms with Gasteiger partial charge < -0.3 is 24.9 Å². The molecule has 180 valence electrons. The third kappa shape index (κ3) is 4.92. The molecule has 5 rings (SSSR count). The van der Waals surface area contributed by atoms with E-state index in [1.807, 2.05) is 17.5 Å². The van der Waals surface area contributed by atoms with Gasteiger partial charge in [-0.15, -0.1) is 11.3 Å². The van der Waals surface area contributed by atoms with Gasteiger partial charge in [-0.1, -0.05) is 6.07 Å². The number of hydrogen-bond donors (Lipinski definition) is 3. The Kier molecular flexibility index (Phi) is 6.29. The molecule has 9 nitrogen and oxygen atoms in total. The third-order valence-electron chi connectivity index (χ3n) is 5.60. The van der Waals surface area contributed by atoms with Gasteiger partial charge in [-0.2, -0.15) is 0 Å². The van der Waals surface area contributed by atoms with Crippen LogP contribution in [0.5, 0.6) is 0 Å². The molecule has 0 aliphatic carbocycles. The van der Waals surface area contributed by atoms with Gasteiger partial charge >= 0.3 is 5.97 Å². The summed E-state index contributed by atoms with van der Waals surface area (Å²) in [6.07, 6.45) is 0.758. The minimum atomic E-state index is -1.14. The Hall–Kier alpha value is -3.67. The predicted octanol–water partition coefficient (Wildman–Crippen LogP) is 4.48. The number of aromatic nitrogens is 4. The van der Waals surface area contributed by atoms with E-state index in [1.165, 1.54) is 12.1 Å². The van der Waals surface area contributed by atoms with Crippen molar-refractivity contribution in [1.29, 1.82) is 0 Å². The molecule has 4 heterocycles. The minimum absolute atomic E-state index is 0.0286. The predicted molar refractivity (Wildman–Crippen MR) is 127 cm³/mol. The second-order valence-electron chi connectivity index (χ2n) is 8.37. The molecule has 0 bridgehead atoms. The van der Waals surface area contributed by atoms with Crippen LogP contribution in [0, 0.1) is 11.2 Å². The maximum absolute atomic E-state index is 13.6. The number of ether oxygens (including phenoxy) is 2. The standard InChI is InChI=1S/C24H22FN5O4S/c1-24(22(31)32)12-33-21(34-13-24)20-29-18(14-4-6-15(25)7-5-14)19(30-20)17-8-9-26-23(28-17)27-11-16-3-2-10-35-16/h2-10,21H,11-13H2,1H3,(H,29,30)(H,31,32)(H,26,27,28). The summed E-state index contributed by atoms with van der Waals surface area (Å²) in [6.45, 7) is 2.10. The fourth-order valence-electron chi connectivity index (χ4n) is 3.56. The molecule has 11 heteroatoms. The number of carboxylic acids is 1. The van der Waals surface area contributed by atoms with Crippen molar-refractivity contribution in [3.8, 4) is 22.6 Å². The third-order valence-corrected chi connectivity index (χ3v) is 6.47. The van der Waals surface area contributed by atoms with Crippen LogP contribution in [0.4, 0.5) is 10.3 Å². The van der Waals surface area contributed by atoms with Gasteiger partial charge in [0.2, 0.25) is 12.2 Å². The molecule has 3 aromatic heterocycles. The summed E-state index contributed by atoms with van der Waals surface area (Å²) in [7, 11) is 0. The average molecular weight is 496 g/mol. The van der Waals surface area contributed by atoms with Crippen LogP contribution in [-0.2, 0) is 20.8 Å². The van der Waals surface area contributed by atoms with Crippen LogP contribution in [0.25, 0.3) is 22.6 Å². The van der Waals surface area contributed by atoms with Crippen molar-refractivity contribution in [2.75, 3.05) is 18.5 Å². The van der Waals surface area contributed by atoms with E-state index >= 15 is 0 Å². The summed E-state index contributed by atoms with van der Waals surface area (Å²) in [5.74, 6) is -0.551. The maximum atomic E-state index is 13.6. The van der Waals surface area contributed by atoms with E-state index in [0.29, 0.717) is 41.0 Å². The monoisotopic (exact) mass is 495 g/mol. The molecule has 0 spiro atoms. The van der Waals surface area contributed by atoms with Gasteiger partial charge in [0, 0.05) is 16.6 Å². The average Bonchev–Trinajstić information content (AvgIpc) is 3.54. The Labute approximate surface area is 204 Å². The lowest BCUT2D eigenvalue weighted by atomic mass is 9.92. The molecule has 0 unspecified atom stereocenters. The summed E-state index contributed by atoms with van der Waals surface area (Å²) in [5.41, 5.74) is 1.20. The second-order valence-corrected chi connectivity index (χ2v) is 9.40. The number of aliphatic carboxylic acids is 1. The number of halogens is 1. The highest BCUT2D eigenvalue weighted by Gasteiger charge is 2.41. The molecule has 0 atom stereocenters. The molecule has 0 amide bonds. The molecule has 1 aliphatic rings. The van der Waals surface area contributed by atoms with E-state index in [1.54, 1.807) is 42.7 Å². The van der Waals surface area contributed by atoms with Gasteiger partial charge in [-0.05, 0) is 48.7 Å². The molecule has 0 radical (unpaired) electrons. The van der Waals surface area contributed by atoms with E-state index in [-0.39, 0.29) is 19.0 Å². The summed E-state index contributed by atoms with van der Waals surface area (Å²) in [5, 5.41) is 14.6. The lowest BCUT2D eigenvalue weighted by Gasteiger charge is -2.33. The lowest BCUT2D eigenvalue weighted by molar-refractivity contribution is -0.236. The fraction of sp³-hybridized carbons (Fsp3) is 0.250. The minimum Gasteiger partial charge on any atom is -0.481 e. The van der Waals surface area contributed by atoms with Crippen LogP contribution in [-0.4, -0.2) is 44.2 Å². The Balaban J connectivity index is 1.46. The number of carboxylic acid groups (broad SMARTS) is 1. The molecule has 1 aliphatic heterocycles. The largest absolute Gasteiger partial charge is 0.481 e. The van der Waals surface area contributed by atoms with Crippen LogP contribution in [0.15, 0.2) is 54.0 Å². The van der Waals surface area contributed by atoms with Crippen molar-refractivity contribution < 1.29 is 23.8 Å². The van der Waals surface area contributed by atoms with Gasteiger partial charge in [0.25, 0.3) is 0 Å². The molecule has 0 saturated carbocycles. The summed E-state index contributed by atoms with van der Waals surface area (Å²) in [6, 6.07) is 11.7. The first-order valence-corrected chi connectivity index (χ1v) is 11.7. The number of aromatic amines is 1. The fourth-order valence-corrected chi connectivity index (χ4v) is 4.20. The number of carbonyl (C=O) groups is 1. The van der Waals surface area contributed by atoms with Crippen molar-refractivity contribution in [2.24, 2.45) is 5.41 Å². The highest BCUT2D eigenvalue weighted by molar-refractivity contribution is 7.09. The number of nitrogens with one attached hydrogen (secondary N) is 2. The number of rotatable bonds is 7. The summed E-state index contributed by atoms with van der Waals surface area (Å²) < 4.78 is 25.0. The van der Waals surface area contributed by atoms with E-state index < -0.39 is 17.7 Å². The second kappa shape index (κ2) is 9.53. The first-order valence-electron chi connectivity index (χ1n) is 10.8. The molecule has 1 aromatic carbocycles. The molecular formula is C24H22FN5O4S. The number of hydrogen-bond acceptors (Lipinski definition) is 8. The zero-order chi connectivity index (χ0) is 24.4. The van der Waals surface area contributed by atoms with Crippen LogP contribution in [0.3, 0.4) is 0 Å². The smallest absolute Gasteiger partial charge is 0.314 e. The van der Waals surface area contributed by atoms with Gasteiger partial charge in [-0.25, -0.2) is 19.3 Å². The van der Waals surface area contributed by atoms with Gasteiger partial charge in [0.1, 0.15) is 11.2 Å². The molecule has 4 aromatic rings. The zero-order valence-electron chi connectivity index (χ0n) is 18.7. The van der Waals surface area contributed by atoms with E-state index in [9.17, 15) is 14.3 Å². The maximum Gasteiger partial charge on any atom is 0.314 e. The Morgan fingerprint density at radius 1 is 1.23 bits per heavy atom. The zero-order valence-corrected chi connectivity index (χ0v) is 19.5. The van der Waals surface area contributed by atoms with Crippen LogP contribution in [0.2, 0.25) is 0 Å². The molecule has 1 fully saturated rings. The molecule has 1 saturated heterocycles. The van der Waals surface area contributed by atoms with Crippen LogP contribution >= 0.6 is 11.3 Å². The number of nitrogens with zero attached hydrogens (tertiary/aromatic N) is 3. The van der Waals surface area contributed by atoms with Crippen LogP contribution in [0.1, 0.15) is 23.9 Å². The summed E-state index contributed by atoms with van der Waals surface area (Å²) in [4.78, 5) is 29.5. The topological polar surface area (TPSA) is 122 Å².